The van der Waals surface area contributed by atoms with Crippen molar-refractivity contribution in [1.29, 1.82) is 0 Å². The van der Waals surface area contributed by atoms with Crippen LogP contribution in [0.25, 0.3) is 0 Å². The second-order valence-electron chi connectivity index (χ2n) is 5.97. The Hall–Kier alpha value is -0.0800. The van der Waals surface area contributed by atoms with Gasteiger partial charge in [-0.05, 0) is 32.6 Å². The molecule has 1 N–H and O–H groups in total. The van der Waals surface area contributed by atoms with E-state index in [1.54, 1.807) is 6.92 Å². The highest BCUT2D eigenvalue weighted by Crippen LogP contribution is 2.16. The zero-order chi connectivity index (χ0) is 15.7. The second kappa shape index (κ2) is 17.0. The minimum atomic E-state index is 0.250. The summed E-state index contributed by atoms with van der Waals surface area (Å²) >= 11 is 0. The molecule has 0 saturated heterocycles. The fourth-order valence-electron chi connectivity index (χ4n) is 2.64. The van der Waals surface area contributed by atoms with E-state index in [-0.39, 0.29) is 6.61 Å². The minimum Gasteiger partial charge on any atom is -0.397 e. The first-order valence-corrected chi connectivity index (χ1v) is 9.12. The van der Waals surface area contributed by atoms with Gasteiger partial charge < -0.3 is 9.59 Å². The molecule has 2 heteroatoms. The first kappa shape index (κ1) is 22.2. The zero-order valence-electron chi connectivity index (χ0n) is 15.1. The molecular weight excluding hydrogens is 246 g/mol. The van der Waals surface area contributed by atoms with Gasteiger partial charge in [-0.2, -0.15) is 0 Å². The summed E-state index contributed by atoms with van der Waals surface area (Å²) in [6.45, 7) is 16.9. The maximum Gasteiger partial charge on any atom is 0.0786 e. The van der Waals surface area contributed by atoms with Crippen LogP contribution in [0, 0.1) is 0 Å². The van der Waals surface area contributed by atoms with Crippen LogP contribution in [0.4, 0.5) is 0 Å². The second-order valence-corrected chi connectivity index (χ2v) is 5.97. The Labute approximate surface area is 129 Å². The lowest BCUT2D eigenvalue weighted by atomic mass is 10.1. The number of hydrogen-bond donors (Lipinski definition) is 1. The molecule has 124 valence electrons. The number of aliphatic hydroxyl groups is 1. The summed E-state index contributed by atoms with van der Waals surface area (Å²) in [5.41, 5.74) is 0. The molecule has 0 aromatic carbocycles. The van der Waals surface area contributed by atoms with E-state index in [9.17, 15) is 0 Å². The van der Waals surface area contributed by atoms with E-state index < -0.39 is 0 Å². The van der Waals surface area contributed by atoms with Crippen LogP contribution >= 0.6 is 0 Å². The van der Waals surface area contributed by atoms with E-state index in [1.807, 2.05) is 0 Å². The fourth-order valence-corrected chi connectivity index (χ4v) is 2.64. The van der Waals surface area contributed by atoms with E-state index in [4.69, 9.17) is 5.11 Å². The van der Waals surface area contributed by atoms with Crippen molar-refractivity contribution in [1.82, 2.24) is 0 Å². The van der Waals surface area contributed by atoms with Gasteiger partial charge in [0.25, 0.3) is 0 Å². The first-order chi connectivity index (χ1) is 9.66. The predicted molar refractivity (Wildman–Crippen MR) is 92.1 cm³/mol. The summed E-state index contributed by atoms with van der Waals surface area (Å²) < 4.78 is 1.42. The molecule has 20 heavy (non-hydrogen) atoms. The van der Waals surface area contributed by atoms with Gasteiger partial charge in [-0.15, -0.1) is 0 Å². The van der Waals surface area contributed by atoms with E-state index in [2.05, 4.69) is 27.7 Å². The van der Waals surface area contributed by atoms with Gasteiger partial charge in [0.1, 0.15) is 0 Å². The molecule has 0 aromatic heterocycles. The lowest BCUT2D eigenvalue weighted by Gasteiger charge is -2.39. The normalized spacial score (nSPS) is 11.1. The molecular formula is C18H42NO+. The van der Waals surface area contributed by atoms with Crippen LogP contribution in [-0.4, -0.2) is 42.4 Å². The Balaban J connectivity index is 0. The minimum absolute atomic E-state index is 0.250. The van der Waals surface area contributed by atoms with Crippen LogP contribution in [0.5, 0.6) is 0 Å². The van der Waals surface area contributed by atoms with Gasteiger partial charge in [-0.3, -0.25) is 0 Å². The van der Waals surface area contributed by atoms with Crippen molar-refractivity contribution >= 4 is 0 Å². The Morgan fingerprint density at radius 3 is 0.900 bits per heavy atom. The van der Waals surface area contributed by atoms with Crippen LogP contribution in [0.15, 0.2) is 0 Å². The Morgan fingerprint density at radius 1 is 0.550 bits per heavy atom. The molecule has 0 aliphatic rings. The summed E-state index contributed by atoms with van der Waals surface area (Å²) in [4.78, 5) is 0. The number of quaternary nitrogens is 1. The van der Waals surface area contributed by atoms with Crippen LogP contribution in [-0.2, 0) is 0 Å². The lowest BCUT2D eigenvalue weighted by molar-refractivity contribution is -0.929. The van der Waals surface area contributed by atoms with Crippen molar-refractivity contribution in [3.8, 4) is 0 Å². The van der Waals surface area contributed by atoms with Gasteiger partial charge in [0.15, 0.2) is 0 Å². The Kier molecular flexibility index (Phi) is 18.8. The monoisotopic (exact) mass is 288 g/mol. The highest BCUT2D eigenvalue weighted by atomic mass is 16.2. The summed E-state index contributed by atoms with van der Waals surface area (Å²) in [5, 5.41) is 7.57. The van der Waals surface area contributed by atoms with Gasteiger partial charge in [0, 0.05) is 6.61 Å². The molecule has 0 atom stereocenters. The van der Waals surface area contributed by atoms with Crippen molar-refractivity contribution in [3.05, 3.63) is 0 Å². The standard InChI is InChI=1S/C16H36N.C2H6O/c1-5-9-13-17(14-10-6-2,15-11-7-3)16-12-8-4;1-2-3/h5-16H2,1-4H3;3H,2H2,1H3/q+1;. The third kappa shape index (κ3) is 12.9. The van der Waals surface area contributed by atoms with Crippen molar-refractivity contribution in [2.24, 2.45) is 0 Å². The summed E-state index contributed by atoms with van der Waals surface area (Å²) in [6.07, 6.45) is 11.1. The number of aliphatic hydroxyl groups excluding tert-OH is 1. The summed E-state index contributed by atoms with van der Waals surface area (Å²) in [5.74, 6) is 0. The quantitative estimate of drug-likeness (QED) is 0.501. The van der Waals surface area contributed by atoms with E-state index in [0.29, 0.717) is 0 Å². The number of nitrogens with zero attached hydrogens (tertiary/aromatic N) is 1. The average molecular weight is 289 g/mol. The third-order valence-electron chi connectivity index (χ3n) is 3.94. The summed E-state index contributed by atoms with van der Waals surface area (Å²) in [7, 11) is 0. The highest BCUT2D eigenvalue weighted by Gasteiger charge is 2.24. The maximum absolute atomic E-state index is 7.57. The fraction of sp³-hybridized carbons (Fsp3) is 1.00. The summed E-state index contributed by atoms with van der Waals surface area (Å²) in [6, 6.07) is 0. The van der Waals surface area contributed by atoms with Crippen LogP contribution in [0.1, 0.15) is 86.0 Å². The number of unbranched alkanes of at least 4 members (excludes halogenated alkanes) is 4. The maximum atomic E-state index is 7.57. The first-order valence-electron chi connectivity index (χ1n) is 9.12. The molecule has 0 radical (unpaired) electrons. The SMILES string of the molecule is CCCC[N+](CCCC)(CCCC)CCCC.CCO. The van der Waals surface area contributed by atoms with Crippen LogP contribution in [0.3, 0.4) is 0 Å². The Morgan fingerprint density at radius 2 is 0.750 bits per heavy atom. The molecule has 0 aliphatic heterocycles. The topological polar surface area (TPSA) is 20.2 Å². The molecule has 0 fully saturated rings. The molecule has 0 heterocycles. The molecule has 0 rings (SSSR count). The van der Waals surface area contributed by atoms with Gasteiger partial charge >= 0.3 is 0 Å². The lowest BCUT2D eigenvalue weighted by Crippen LogP contribution is -2.50. The largest absolute Gasteiger partial charge is 0.397 e. The molecule has 0 aromatic rings. The van der Waals surface area contributed by atoms with Crippen LogP contribution < -0.4 is 0 Å². The third-order valence-corrected chi connectivity index (χ3v) is 3.94. The Bertz CT molecular complexity index is 133. The zero-order valence-corrected chi connectivity index (χ0v) is 15.1. The van der Waals surface area contributed by atoms with Crippen molar-refractivity contribution in [3.63, 3.8) is 0 Å². The van der Waals surface area contributed by atoms with E-state index in [0.717, 1.165) is 0 Å². The van der Waals surface area contributed by atoms with Gasteiger partial charge in [0.05, 0.1) is 26.2 Å². The molecule has 0 aliphatic carbocycles. The van der Waals surface area contributed by atoms with E-state index >= 15 is 0 Å². The van der Waals surface area contributed by atoms with Crippen molar-refractivity contribution in [2.45, 2.75) is 86.0 Å². The molecule has 0 spiro atoms. The molecule has 0 saturated carbocycles. The van der Waals surface area contributed by atoms with Crippen molar-refractivity contribution in [2.75, 3.05) is 32.8 Å². The van der Waals surface area contributed by atoms with Gasteiger partial charge in [0.2, 0.25) is 0 Å². The van der Waals surface area contributed by atoms with Crippen LogP contribution in [0.2, 0.25) is 0 Å². The molecule has 0 unspecified atom stereocenters. The molecule has 0 amide bonds. The van der Waals surface area contributed by atoms with Gasteiger partial charge in [-0.1, -0.05) is 53.4 Å². The predicted octanol–water partition coefficient (Wildman–Crippen LogP) is 5.00. The van der Waals surface area contributed by atoms with Crippen molar-refractivity contribution < 1.29 is 9.59 Å². The number of hydrogen-bond acceptors (Lipinski definition) is 1. The average Bonchev–Trinajstić information content (AvgIpc) is 2.46. The van der Waals surface area contributed by atoms with Gasteiger partial charge in [-0.25, -0.2) is 0 Å². The molecule has 0 bridgehead atoms. The highest BCUT2D eigenvalue weighted by molar-refractivity contribution is 4.49. The van der Waals surface area contributed by atoms with E-state index in [1.165, 1.54) is 82.0 Å². The molecule has 2 nitrogen and oxygen atoms in total. The smallest absolute Gasteiger partial charge is 0.0786 e. The number of rotatable bonds is 12.